The standard InChI is InChI=1S/C16H16NO3.BrH/c18-10-9-17-8-4-7-14(12-17)16(20)11-15(19)13-5-2-1-3-6-13;/h1-8,12,18H,9-11H2;1H/q+1;/p-1. The monoisotopic (exact) mass is 349 g/mol. The van der Waals surface area contributed by atoms with Gasteiger partial charge in [0, 0.05) is 11.6 Å². The highest BCUT2D eigenvalue weighted by Gasteiger charge is 2.15. The largest absolute Gasteiger partial charge is 1.00 e. The molecule has 0 unspecified atom stereocenters. The topological polar surface area (TPSA) is 58.2 Å². The molecule has 1 N–H and O–H groups in total. The van der Waals surface area contributed by atoms with E-state index >= 15 is 0 Å². The molecule has 0 aliphatic rings. The van der Waals surface area contributed by atoms with Crippen molar-refractivity contribution in [1.29, 1.82) is 0 Å². The van der Waals surface area contributed by atoms with Crippen LogP contribution in [0.15, 0.2) is 54.9 Å². The van der Waals surface area contributed by atoms with Gasteiger partial charge in [0.25, 0.3) is 0 Å². The van der Waals surface area contributed by atoms with E-state index in [-0.39, 0.29) is 41.6 Å². The highest BCUT2D eigenvalue weighted by Crippen LogP contribution is 2.07. The Bertz CT molecular complexity index is 614. The fraction of sp³-hybridized carbons (Fsp3) is 0.188. The van der Waals surface area contributed by atoms with E-state index < -0.39 is 0 Å². The zero-order chi connectivity index (χ0) is 14.4. The van der Waals surface area contributed by atoms with Crippen molar-refractivity contribution in [3.63, 3.8) is 0 Å². The van der Waals surface area contributed by atoms with Crippen LogP contribution in [-0.4, -0.2) is 23.3 Å². The molecule has 0 atom stereocenters. The molecule has 0 radical (unpaired) electrons. The summed E-state index contributed by atoms with van der Waals surface area (Å²) in [6.45, 7) is 0.430. The van der Waals surface area contributed by atoms with Gasteiger partial charge < -0.3 is 22.1 Å². The van der Waals surface area contributed by atoms with Crippen LogP contribution in [0.5, 0.6) is 0 Å². The second-order valence-electron chi connectivity index (χ2n) is 4.44. The van der Waals surface area contributed by atoms with Gasteiger partial charge in [-0.2, -0.15) is 0 Å². The molecule has 21 heavy (non-hydrogen) atoms. The summed E-state index contributed by atoms with van der Waals surface area (Å²) in [4.78, 5) is 24.1. The van der Waals surface area contributed by atoms with E-state index in [0.29, 0.717) is 17.7 Å². The number of hydrogen-bond acceptors (Lipinski definition) is 3. The van der Waals surface area contributed by atoms with Gasteiger partial charge in [0.15, 0.2) is 30.5 Å². The highest BCUT2D eigenvalue weighted by atomic mass is 79.9. The van der Waals surface area contributed by atoms with Gasteiger partial charge in [-0.05, 0) is 6.07 Å². The van der Waals surface area contributed by atoms with Crippen LogP contribution in [-0.2, 0) is 6.54 Å². The summed E-state index contributed by atoms with van der Waals surface area (Å²) in [5, 5.41) is 8.88. The molecule has 0 saturated carbocycles. The smallest absolute Gasteiger partial charge is 0.179 e. The lowest BCUT2D eigenvalue weighted by Gasteiger charge is -2.01. The van der Waals surface area contributed by atoms with Crippen LogP contribution in [0.1, 0.15) is 27.1 Å². The molecule has 0 aliphatic heterocycles. The lowest BCUT2D eigenvalue weighted by Crippen LogP contribution is -3.00. The molecule has 0 bridgehead atoms. The molecule has 1 aromatic carbocycles. The number of Topliss-reactive ketones (excluding diaryl/α,β-unsaturated/α-hetero) is 2. The molecule has 1 heterocycles. The third-order valence-corrected chi connectivity index (χ3v) is 2.96. The molecule has 0 spiro atoms. The lowest BCUT2D eigenvalue weighted by molar-refractivity contribution is -0.698. The summed E-state index contributed by atoms with van der Waals surface area (Å²) < 4.78 is 1.72. The van der Waals surface area contributed by atoms with Crippen molar-refractivity contribution in [1.82, 2.24) is 0 Å². The number of nitrogens with zero attached hydrogens (tertiary/aromatic N) is 1. The van der Waals surface area contributed by atoms with E-state index in [2.05, 4.69) is 0 Å². The minimum atomic E-state index is -0.217. The fourth-order valence-corrected chi connectivity index (χ4v) is 1.92. The molecule has 5 heteroatoms. The number of rotatable bonds is 6. The van der Waals surface area contributed by atoms with E-state index in [1.54, 1.807) is 53.4 Å². The van der Waals surface area contributed by atoms with E-state index in [9.17, 15) is 9.59 Å². The number of aliphatic hydroxyl groups excluding tert-OH is 1. The predicted octanol–water partition coefficient (Wildman–Crippen LogP) is -1.57. The van der Waals surface area contributed by atoms with Gasteiger partial charge in [0.1, 0.15) is 6.61 Å². The Morgan fingerprint density at radius 3 is 2.24 bits per heavy atom. The molecular weight excluding hydrogens is 334 g/mol. The number of carbonyl (C=O) groups is 2. The molecule has 0 fully saturated rings. The molecule has 0 saturated heterocycles. The number of pyridine rings is 1. The van der Waals surface area contributed by atoms with Gasteiger partial charge in [-0.3, -0.25) is 9.59 Å². The summed E-state index contributed by atoms with van der Waals surface area (Å²) in [5.74, 6) is -0.403. The molecule has 0 aliphatic carbocycles. The fourth-order valence-electron chi connectivity index (χ4n) is 1.92. The summed E-state index contributed by atoms with van der Waals surface area (Å²) in [6, 6.07) is 12.2. The summed E-state index contributed by atoms with van der Waals surface area (Å²) in [6.07, 6.45) is 3.27. The number of benzene rings is 1. The van der Waals surface area contributed by atoms with Gasteiger partial charge in [-0.1, -0.05) is 30.3 Å². The SMILES string of the molecule is O=C(CC(=O)c1ccc[n+](CCO)c1)c1ccccc1.[Br-]. The zero-order valence-electron chi connectivity index (χ0n) is 11.4. The van der Waals surface area contributed by atoms with Crippen LogP contribution in [0.2, 0.25) is 0 Å². The molecular formula is C16H16BrNO3. The number of aromatic nitrogens is 1. The van der Waals surface area contributed by atoms with Crippen molar-refractivity contribution < 1.29 is 36.2 Å². The van der Waals surface area contributed by atoms with Crippen molar-refractivity contribution in [2.45, 2.75) is 13.0 Å². The Balaban J connectivity index is 0.00000220. The van der Waals surface area contributed by atoms with Crippen LogP contribution in [0.4, 0.5) is 0 Å². The second kappa shape index (κ2) is 8.44. The van der Waals surface area contributed by atoms with Gasteiger partial charge in [-0.25, -0.2) is 4.57 Å². The minimum absolute atomic E-state index is 0. The van der Waals surface area contributed by atoms with Crippen LogP contribution in [0, 0.1) is 0 Å². The molecule has 0 amide bonds. The van der Waals surface area contributed by atoms with Crippen molar-refractivity contribution in [2.75, 3.05) is 6.61 Å². The number of halogens is 1. The maximum Gasteiger partial charge on any atom is 0.179 e. The Labute approximate surface area is 133 Å². The van der Waals surface area contributed by atoms with Crippen molar-refractivity contribution in [3.05, 3.63) is 66.0 Å². The average Bonchev–Trinajstić information content (AvgIpc) is 2.48. The summed E-state index contributed by atoms with van der Waals surface area (Å²) in [7, 11) is 0. The molecule has 1 aromatic heterocycles. The highest BCUT2D eigenvalue weighted by molar-refractivity contribution is 6.13. The molecule has 2 aromatic rings. The summed E-state index contributed by atoms with van der Waals surface area (Å²) in [5.41, 5.74) is 1.02. The third-order valence-electron chi connectivity index (χ3n) is 2.96. The Morgan fingerprint density at radius 2 is 1.57 bits per heavy atom. The quantitative estimate of drug-likeness (QED) is 0.389. The molecule has 4 nitrogen and oxygen atoms in total. The van der Waals surface area contributed by atoms with Crippen LogP contribution in [0.3, 0.4) is 0 Å². The third kappa shape index (κ3) is 4.88. The number of ketones is 2. The van der Waals surface area contributed by atoms with E-state index in [1.807, 2.05) is 6.07 Å². The first-order valence-corrected chi connectivity index (χ1v) is 6.42. The normalized spacial score (nSPS) is 9.76. The second-order valence-corrected chi connectivity index (χ2v) is 4.44. The predicted molar refractivity (Wildman–Crippen MR) is 73.4 cm³/mol. The van der Waals surface area contributed by atoms with Crippen LogP contribution in [0.25, 0.3) is 0 Å². The minimum Gasteiger partial charge on any atom is -1.00 e. The van der Waals surface area contributed by atoms with Gasteiger partial charge in [0.05, 0.1) is 12.0 Å². The van der Waals surface area contributed by atoms with Crippen molar-refractivity contribution in [2.24, 2.45) is 0 Å². The molecule has 2 rings (SSSR count). The number of aliphatic hydroxyl groups is 1. The first-order chi connectivity index (χ1) is 9.70. The first-order valence-electron chi connectivity index (χ1n) is 6.42. The van der Waals surface area contributed by atoms with Crippen LogP contribution >= 0.6 is 0 Å². The van der Waals surface area contributed by atoms with E-state index in [0.717, 1.165) is 0 Å². The Kier molecular flexibility index (Phi) is 6.91. The van der Waals surface area contributed by atoms with Crippen molar-refractivity contribution in [3.8, 4) is 0 Å². The number of hydrogen-bond donors (Lipinski definition) is 1. The molecule has 110 valence electrons. The van der Waals surface area contributed by atoms with Gasteiger partial charge in [-0.15, -0.1) is 0 Å². The van der Waals surface area contributed by atoms with Gasteiger partial charge >= 0.3 is 0 Å². The van der Waals surface area contributed by atoms with Gasteiger partial charge in [0.2, 0.25) is 0 Å². The van der Waals surface area contributed by atoms with Crippen molar-refractivity contribution >= 4 is 11.6 Å². The zero-order valence-corrected chi connectivity index (χ0v) is 13.0. The number of carbonyl (C=O) groups excluding carboxylic acids is 2. The average molecular weight is 350 g/mol. The Morgan fingerprint density at radius 1 is 0.952 bits per heavy atom. The van der Waals surface area contributed by atoms with Crippen LogP contribution < -0.4 is 21.5 Å². The maximum absolute atomic E-state index is 12.1. The Hall–Kier alpha value is -1.85. The first kappa shape index (κ1) is 17.2. The van der Waals surface area contributed by atoms with E-state index in [4.69, 9.17) is 5.11 Å². The van der Waals surface area contributed by atoms with E-state index in [1.165, 1.54) is 0 Å². The lowest BCUT2D eigenvalue weighted by atomic mass is 10.0. The maximum atomic E-state index is 12.1. The summed E-state index contributed by atoms with van der Waals surface area (Å²) >= 11 is 0.